The largest absolute Gasteiger partial charge is 0.490 e. The normalized spacial score (nSPS) is 14.2. The first kappa shape index (κ1) is 26.8. The van der Waals surface area contributed by atoms with Gasteiger partial charge in [0.25, 0.3) is 17.1 Å². The molecule has 1 saturated heterocycles. The SMILES string of the molecule is CCOc1cc(/C=C2\SC(=O)N(Cc3ccc(Br)cc3)C2=O)ccc1OCC(=O)Nc1ccccc1Cl. The molecule has 1 aliphatic rings. The smallest absolute Gasteiger partial charge is 0.293 e. The lowest BCUT2D eigenvalue weighted by molar-refractivity contribution is -0.123. The van der Waals surface area contributed by atoms with E-state index in [-0.39, 0.29) is 30.2 Å². The molecule has 0 aliphatic carbocycles. The van der Waals surface area contributed by atoms with Crippen molar-refractivity contribution in [2.75, 3.05) is 18.5 Å². The second-order valence-corrected chi connectivity index (χ2v) is 10.2. The van der Waals surface area contributed by atoms with Crippen molar-refractivity contribution >= 4 is 68.1 Å². The minimum atomic E-state index is -0.376. The highest BCUT2D eigenvalue weighted by molar-refractivity contribution is 9.10. The van der Waals surface area contributed by atoms with Crippen molar-refractivity contribution in [2.45, 2.75) is 13.5 Å². The van der Waals surface area contributed by atoms with Gasteiger partial charge in [0.15, 0.2) is 18.1 Å². The van der Waals surface area contributed by atoms with Crippen molar-refractivity contribution < 1.29 is 23.9 Å². The van der Waals surface area contributed by atoms with Gasteiger partial charge in [0.05, 0.1) is 28.8 Å². The lowest BCUT2D eigenvalue weighted by Crippen LogP contribution is -2.27. The molecule has 1 fully saturated rings. The van der Waals surface area contributed by atoms with Crippen LogP contribution in [0.4, 0.5) is 10.5 Å². The first-order valence-electron chi connectivity index (χ1n) is 11.3. The van der Waals surface area contributed by atoms with E-state index in [0.717, 1.165) is 21.8 Å². The average Bonchev–Trinajstić information content (AvgIpc) is 3.13. The number of nitrogens with zero attached hydrogens (tertiary/aromatic N) is 1. The number of carbonyl (C=O) groups is 3. The molecule has 3 aromatic carbocycles. The number of para-hydroxylation sites is 1. The van der Waals surface area contributed by atoms with Gasteiger partial charge < -0.3 is 14.8 Å². The summed E-state index contributed by atoms with van der Waals surface area (Å²) in [7, 11) is 0. The molecule has 10 heteroatoms. The van der Waals surface area contributed by atoms with Gasteiger partial charge in [0, 0.05) is 4.47 Å². The fourth-order valence-electron chi connectivity index (χ4n) is 3.45. The lowest BCUT2D eigenvalue weighted by atomic mass is 10.1. The van der Waals surface area contributed by atoms with Crippen LogP contribution >= 0.6 is 39.3 Å². The number of benzene rings is 3. The first-order valence-corrected chi connectivity index (χ1v) is 13.3. The number of halogens is 2. The Morgan fingerprint density at radius 1 is 1.05 bits per heavy atom. The van der Waals surface area contributed by atoms with Crippen molar-refractivity contribution in [1.29, 1.82) is 0 Å². The molecule has 3 amide bonds. The summed E-state index contributed by atoms with van der Waals surface area (Å²) in [6.07, 6.45) is 1.64. The molecule has 1 N–H and O–H groups in total. The third-order valence-electron chi connectivity index (χ3n) is 5.20. The van der Waals surface area contributed by atoms with Gasteiger partial charge in [-0.05, 0) is 72.3 Å². The minimum absolute atomic E-state index is 0.197. The van der Waals surface area contributed by atoms with E-state index >= 15 is 0 Å². The molecule has 3 aromatic rings. The molecule has 37 heavy (non-hydrogen) atoms. The zero-order valence-electron chi connectivity index (χ0n) is 19.7. The number of nitrogens with one attached hydrogen (secondary N) is 1. The van der Waals surface area contributed by atoms with Gasteiger partial charge in [0.1, 0.15) is 0 Å². The Morgan fingerprint density at radius 2 is 1.81 bits per heavy atom. The van der Waals surface area contributed by atoms with E-state index in [1.165, 1.54) is 4.90 Å². The van der Waals surface area contributed by atoms with Gasteiger partial charge in [-0.3, -0.25) is 19.3 Å². The lowest BCUT2D eigenvalue weighted by Gasteiger charge is -2.13. The van der Waals surface area contributed by atoms with E-state index in [1.54, 1.807) is 48.5 Å². The third-order valence-corrected chi connectivity index (χ3v) is 6.97. The summed E-state index contributed by atoms with van der Waals surface area (Å²) < 4.78 is 12.3. The average molecular weight is 602 g/mol. The van der Waals surface area contributed by atoms with Gasteiger partial charge in [-0.2, -0.15) is 0 Å². The van der Waals surface area contributed by atoms with Gasteiger partial charge in [0.2, 0.25) is 0 Å². The maximum atomic E-state index is 12.9. The molecular formula is C27H22BrClN2O5S. The molecule has 1 heterocycles. The molecule has 0 aromatic heterocycles. The molecule has 0 atom stereocenters. The summed E-state index contributed by atoms with van der Waals surface area (Å²) in [5, 5.41) is 2.80. The van der Waals surface area contributed by atoms with Crippen LogP contribution in [0.15, 0.2) is 76.1 Å². The highest BCUT2D eigenvalue weighted by Crippen LogP contribution is 2.35. The number of anilines is 1. The van der Waals surface area contributed by atoms with Crippen LogP contribution in [-0.2, 0) is 16.1 Å². The van der Waals surface area contributed by atoms with Crippen LogP contribution in [-0.4, -0.2) is 35.2 Å². The van der Waals surface area contributed by atoms with Crippen LogP contribution < -0.4 is 14.8 Å². The highest BCUT2D eigenvalue weighted by atomic mass is 79.9. The maximum absolute atomic E-state index is 12.9. The Morgan fingerprint density at radius 3 is 2.54 bits per heavy atom. The Bertz CT molecular complexity index is 1360. The fourth-order valence-corrected chi connectivity index (χ4v) is 4.74. The van der Waals surface area contributed by atoms with E-state index in [4.69, 9.17) is 21.1 Å². The van der Waals surface area contributed by atoms with E-state index in [0.29, 0.717) is 39.3 Å². The maximum Gasteiger partial charge on any atom is 0.293 e. The summed E-state index contributed by atoms with van der Waals surface area (Å²) in [5.41, 5.74) is 2.00. The molecule has 4 rings (SSSR count). The zero-order chi connectivity index (χ0) is 26.4. The van der Waals surface area contributed by atoms with Crippen LogP contribution in [0.2, 0.25) is 5.02 Å². The Labute approximate surface area is 231 Å². The first-order chi connectivity index (χ1) is 17.8. The standard InChI is InChI=1S/C27H22BrClN2O5S/c1-2-35-23-13-18(9-12-22(23)36-16-25(32)30-21-6-4-3-5-20(21)29)14-24-26(33)31(27(34)37-24)15-17-7-10-19(28)11-8-17/h3-14H,2,15-16H2,1H3,(H,30,32)/b24-14-. The van der Waals surface area contributed by atoms with Gasteiger partial charge in [-0.15, -0.1) is 0 Å². The van der Waals surface area contributed by atoms with E-state index in [9.17, 15) is 14.4 Å². The summed E-state index contributed by atoms with van der Waals surface area (Å²) in [5.74, 6) is 0.0547. The highest BCUT2D eigenvalue weighted by Gasteiger charge is 2.35. The van der Waals surface area contributed by atoms with E-state index in [1.807, 2.05) is 31.2 Å². The second kappa shape index (κ2) is 12.3. The van der Waals surface area contributed by atoms with Crippen LogP contribution in [0.1, 0.15) is 18.1 Å². The van der Waals surface area contributed by atoms with E-state index in [2.05, 4.69) is 21.2 Å². The van der Waals surface area contributed by atoms with Crippen molar-refractivity contribution in [3.8, 4) is 11.5 Å². The predicted octanol–water partition coefficient (Wildman–Crippen LogP) is 6.76. The molecule has 0 spiro atoms. The molecule has 7 nitrogen and oxygen atoms in total. The summed E-state index contributed by atoms with van der Waals surface area (Å²) in [6.45, 7) is 2.14. The Kier molecular flexibility index (Phi) is 8.91. The number of thioether (sulfide) groups is 1. The van der Waals surface area contributed by atoms with Crippen molar-refractivity contribution in [3.63, 3.8) is 0 Å². The summed E-state index contributed by atoms with van der Waals surface area (Å²) in [4.78, 5) is 39.3. The van der Waals surface area contributed by atoms with Crippen molar-refractivity contribution in [3.05, 3.63) is 92.3 Å². The number of carbonyl (C=O) groups excluding carboxylic acids is 3. The van der Waals surface area contributed by atoms with Gasteiger partial charge >= 0.3 is 0 Å². The van der Waals surface area contributed by atoms with Crippen molar-refractivity contribution in [1.82, 2.24) is 4.90 Å². The van der Waals surface area contributed by atoms with Crippen LogP contribution in [0.3, 0.4) is 0 Å². The van der Waals surface area contributed by atoms with Crippen molar-refractivity contribution in [2.24, 2.45) is 0 Å². The number of amides is 3. The molecular weight excluding hydrogens is 580 g/mol. The van der Waals surface area contributed by atoms with Crippen LogP contribution in [0.5, 0.6) is 11.5 Å². The number of rotatable bonds is 9. The predicted molar refractivity (Wildman–Crippen MR) is 149 cm³/mol. The molecule has 1 aliphatic heterocycles. The number of imide groups is 1. The van der Waals surface area contributed by atoms with Gasteiger partial charge in [-0.1, -0.05) is 57.9 Å². The molecule has 0 radical (unpaired) electrons. The van der Waals surface area contributed by atoms with Crippen LogP contribution in [0.25, 0.3) is 6.08 Å². The molecule has 0 saturated carbocycles. The Balaban J connectivity index is 1.44. The second-order valence-electron chi connectivity index (χ2n) is 7.85. The monoisotopic (exact) mass is 600 g/mol. The summed E-state index contributed by atoms with van der Waals surface area (Å²) >= 11 is 10.4. The number of hydrogen-bond acceptors (Lipinski definition) is 6. The number of ether oxygens (including phenoxy) is 2. The van der Waals surface area contributed by atoms with E-state index < -0.39 is 0 Å². The molecule has 190 valence electrons. The third kappa shape index (κ3) is 6.94. The van der Waals surface area contributed by atoms with Gasteiger partial charge in [-0.25, -0.2) is 0 Å². The summed E-state index contributed by atoms with van der Waals surface area (Å²) in [6, 6.07) is 19.5. The minimum Gasteiger partial charge on any atom is -0.490 e. The molecule has 0 bridgehead atoms. The molecule has 0 unspecified atom stereocenters. The van der Waals surface area contributed by atoms with Crippen LogP contribution in [0, 0.1) is 0 Å². The topological polar surface area (TPSA) is 84.9 Å². The zero-order valence-corrected chi connectivity index (χ0v) is 22.9. The Hall–Kier alpha value is -3.27. The fraction of sp³-hybridized carbons (Fsp3) is 0.148. The number of hydrogen-bond donors (Lipinski definition) is 1. The quantitative estimate of drug-likeness (QED) is 0.273.